The molecule has 0 spiro atoms. The van der Waals surface area contributed by atoms with Crippen molar-refractivity contribution in [3.8, 4) is 0 Å². The van der Waals surface area contributed by atoms with Crippen LogP contribution in [0, 0.1) is 0 Å². The Morgan fingerprint density at radius 1 is 1.32 bits per heavy atom. The van der Waals surface area contributed by atoms with E-state index in [2.05, 4.69) is 5.32 Å². The number of rotatable bonds is 5. The highest BCUT2D eigenvalue weighted by Crippen LogP contribution is 2.21. The first kappa shape index (κ1) is 17.9. The van der Waals surface area contributed by atoms with Gasteiger partial charge in [-0.2, -0.15) is 13.2 Å². The highest BCUT2D eigenvalue weighted by molar-refractivity contribution is 7.99. The Morgan fingerprint density at radius 2 is 1.84 bits per heavy atom. The average Bonchev–Trinajstić information content (AvgIpc) is 2.10. The van der Waals surface area contributed by atoms with E-state index in [0.29, 0.717) is 11.8 Å². The normalized spacial score (nSPS) is 13.8. The topological polar surface area (TPSA) is 81.4 Å². The maximum Gasteiger partial charge on any atom is 0.408 e. The summed E-state index contributed by atoms with van der Waals surface area (Å²) in [6.07, 6.45) is -5.23. The van der Waals surface area contributed by atoms with Gasteiger partial charge in [0.15, 0.2) is 0 Å². The van der Waals surface area contributed by atoms with Gasteiger partial charge in [-0.25, -0.2) is 4.79 Å². The van der Waals surface area contributed by atoms with Crippen LogP contribution < -0.4 is 11.1 Å². The molecule has 0 aliphatic carbocycles. The molecule has 0 unspecified atom stereocenters. The Morgan fingerprint density at radius 3 is 2.21 bits per heavy atom. The minimum absolute atomic E-state index is 0.270. The summed E-state index contributed by atoms with van der Waals surface area (Å²) in [5.74, 6) is -2.30. The molecule has 0 rings (SSSR count). The summed E-state index contributed by atoms with van der Waals surface area (Å²) in [4.78, 5) is 22.4. The monoisotopic (exact) mass is 302 g/mol. The zero-order chi connectivity index (χ0) is 15.3. The Balaban J connectivity index is 4.28. The minimum Gasteiger partial charge on any atom is -0.444 e. The Hall–Kier alpha value is -1.12. The molecule has 5 nitrogen and oxygen atoms in total. The van der Waals surface area contributed by atoms with Crippen molar-refractivity contribution in [2.24, 2.45) is 5.73 Å². The van der Waals surface area contributed by atoms with Gasteiger partial charge in [0.2, 0.25) is 5.91 Å². The summed E-state index contributed by atoms with van der Waals surface area (Å²) in [5, 5.41) is 2.14. The molecule has 0 radical (unpaired) electrons. The van der Waals surface area contributed by atoms with Gasteiger partial charge in [0.05, 0.1) is 5.75 Å². The third kappa shape index (κ3) is 10.5. The van der Waals surface area contributed by atoms with Crippen LogP contribution in [0.1, 0.15) is 20.8 Å². The van der Waals surface area contributed by atoms with E-state index in [1.54, 1.807) is 20.8 Å². The maximum atomic E-state index is 11.9. The molecule has 0 aliphatic rings. The van der Waals surface area contributed by atoms with Crippen LogP contribution in [0.3, 0.4) is 0 Å². The van der Waals surface area contributed by atoms with Gasteiger partial charge in [0, 0.05) is 5.75 Å². The molecule has 2 amide bonds. The van der Waals surface area contributed by atoms with E-state index in [9.17, 15) is 22.8 Å². The van der Waals surface area contributed by atoms with Gasteiger partial charge in [-0.15, -0.1) is 11.8 Å². The lowest BCUT2D eigenvalue weighted by atomic mass is 10.2. The summed E-state index contributed by atoms with van der Waals surface area (Å²) < 4.78 is 40.7. The molecule has 0 aliphatic heterocycles. The number of thioether (sulfide) groups is 1. The molecule has 19 heavy (non-hydrogen) atoms. The summed E-state index contributed by atoms with van der Waals surface area (Å²) in [5.41, 5.74) is 4.22. The molecule has 0 aromatic rings. The van der Waals surface area contributed by atoms with Crippen molar-refractivity contribution >= 4 is 23.8 Å². The first-order chi connectivity index (χ1) is 8.41. The summed E-state index contributed by atoms with van der Waals surface area (Å²) in [6.45, 7) is 4.85. The van der Waals surface area contributed by atoms with E-state index in [0.717, 1.165) is 0 Å². The molecule has 3 N–H and O–H groups in total. The summed E-state index contributed by atoms with van der Waals surface area (Å²) in [6, 6.07) is -1.21. The number of halogens is 3. The van der Waals surface area contributed by atoms with Crippen molar-refractivity contribution in [1.82, 2.24) is 5.32 Å². The number of alkyl halides is 3. The standard InChI is InChI=1S/C10H17F3N2O3S/c1-9(2,3)18-8(17)15-6(7(14)16)4-19-5-10(11,12)13/h6H,4-5H2,1-3H3,(H2,14,16)(H,15,17)/t6-/m0/s1. The average molecular weight is 302 g/mol. The molecular weight excluding hydrogens is 285 g/mol. The molecule has 0 aromatic carbocycles. The zero-order valence-corrected chi connectivity index (χ0v) is 11.7. The molecule has 0 heterocycles. The van der Waals surface area contributed by atoms with E-state index in [4.69, 9.17) is 10.5 Å². The lowest BCUT2D eigenvalue weighted by Gasteiger charge is -2.22. The van der Waals surface area contributed by atoms with Gasteiger partial charge in [-0.3, -0.25) is 4.79 Å². The molecule has 0 saturated heterocycles. The SMILES string of the molecule is CC(C)(C)OC(=O)N[C@@H](CSCC(F)(F)F)C(N)=O. The van der Waals surface area contributed by atoms with Crippen LogP contribution in [0.25, 0.3) is 0 Å². The number of hydrogen-bond donors (Lipinski definition) is 2. The van der Waals surface area contributed by atoms with Crippen LogP contribution in [0.15, 0.2) is 0 Å². The minimum atomic E-state index is -4.33. The van der Waals surface area contributed by atoms with Crippen molar-refractivity contribution < 1.29 is 27.5 Å². The maximum absolute atomic E-state index is 11.9. The van der Waals surface area contributed by atoms with Crippen LogP contribution in [-0.2, 0) is 9.53 Å². The molecule has 0 bridgehead atoms. The highest BCUT2D eigenvalue weighted by atomic mass is 32.2. The third-order valence-electron chi connectivity index (χ3n) is 1.58. The largest absolute Gasteiger partial charge is 0.444 e. The number of carbonyl (C=O) groups excluding carboxylic acids is 2. The van der Waals surface area contributed by atoms with Crippen molar-refractivity contribution in [2.45, 2.75) is 38.6 Å². The first-order valence-electron chi connectivity index (χ1n) is 5.34. The van der Waals surface area contributed by atoms with Crippen LogP contribution in [-0.4, -0.2) is 41.3 Å². The van der Waals surface area contributed by atoms with E-state index in [1.165, 1.54) is 0 Å². The second kappa shape index (κ2) is 6.88. The smallest absolute Gasteiger partial charge is 0.408 e. The Bertz CT molecular complexity index is 329. The van der Waals surface area contributed by atoms with Crippen molar-refractivity contribution in [2.75, 3.05) is 11.5 Å². The number of ether oxygens (including phenoxy) is 1. The number of amides is 2. The quantitative estimate of drug-likeness (QED) is 0.809. The summed E-state index contributed by atoms with van der Waals surface area (Å²) in [7, 11) is 0. The van der Waals surface area contributed by atoms with Gasteiger partial charge >= 0.3 is 12.3 Å². The van der Waals surface area contributed by atoms with Crippen molar-refractivity contribution in [3.05, 3.63) is 0 Å². The third-order valence-corrected chi connectivity index (χ3v) is 2.69. The predicted molar refractivity (Wildman–Crippen MR) is 65.7 cm³/mol. The molecule has 1 atom stereocenters. The predicted octanol–water partition coefficient (Wildman–Crippen LogP) is 1.66. The zero-order valence-electron chi connectivity index (χ0n) is 10.8. The number of nitrogens with one attached hydrogen (secondary N) is 1. The molecular formula is C10H17F3N2O3S. The first-order valence-corrected chi connectivity index (χ1v) is 6.49. The second-order valence-electron chi connectivity index (χ2n) is 4.73. The fourth-order valence-electron chi connectivity index (χ4n) is 0.937. The van der Waals surface area contributed by atoms with Gasteiger partial charge in [-0.05, 0) is 20.8 Å². The number of primary amides is 1. The Kier molecular flexibility index (Phi) is 6.47. The number of carbonyl (C=O) groups is 2. The van der Waals surface area contributed by atoms with Gasteiger partial charge in [-0.1, -0.05) is 0 Å². The van der Waals surface area contributed by atoms with E-state index >= 15 is 0 Å². The van der Waals surface area contributed by atoms with E-state index in [1.807, 2.05) is 0 Å². The van der Waals surface area contributed by atoms with Crippen molar-refractivity contribution in [1.29, 1.82) is 0 Å². The molecule has 0 aromatic heterocycles. The van der Waals surface area contributed by atoms with E-state index < -0.39 is 35.6 Å². The van der Waals surface area contributed by atoms with Crippen LogP contribution >= 0.6 is 11.8 Å². The fraction of sp³-hybridized carbons (Fsp3) is 0.800. The fourth-order valence-corrected chi connectivity index (χ4v) is 1.77. The van der Waals surface area contributed by atoms with Crippen LogP contribution in [0.5, 0.6) is 0 Å². The number of alkyl carbamates (subject to hydrolysis) is 1. The lowest BCUT2D eigenvalue weighted by Crippen LogP contribution is -2.48. The highest BCUT2D eigenvalue weighted by Gasteiger charge is 2.29. The molecule has 0 fully saturated rings. The van der Waals surface area contributed by atoms with Crippen LogP contribution in [0.2, 0.25) is 0 Å². The van der Waals surface area contributed by atoms with Crippen molar-refractivity contribution in [3.63, 3.8) is 0 Å². The summed E-state index contributed by atoms with van der Waals surface area (Å²) >= 11 is 0.460. The van der Waals surface area contributed by atoms with Gasteiger partial charge in [0.25, 0.3) is 0 Å². The molecule has 0 saturated carbocycles. The van der Waals surface area contributed by atoms with Crippen LogP contribution in [0.4, 0.5) is 18.0 Å². The Labute approximate surface area is 113 Å². The lowest BCUT2D eigenvalue weighted by molar-refractivity contribution is -0.119. The van der Waals surface area contributed by atoms with Gasteiger partial charge < -0.3 is 15.8 Å². The van der Waals surface area contributed by atoms with Gasteiger partial charge in [0.1, 0.15) is 11.6 Å². The second-order valence-corrected chi connectivity index (χ2v) is 5.76. The molecule has 9 heteroatoms. The molecule has 112 valence electrons. The van der Waals surface area contributed by atoms with E-state index in [-0.39, 0.29) is 5.75 Å². The number of hydrogen-bond acceptors (Lipinski definition) is 4. The number of nitrogens with two attached hydrogens (primary N) is 1.